The van der Waals surface area contributed by atoms with E-state index in [1.807, 2.05) is 0 Å². The van der Waals surface area contributed by atoms with Crippen LogP contribution >= 0.6 is 0 Å². The molecule has 0 aromatic heterocycles. The maximum Gasteiger partial charge on any atom is 0.280 e. The van der Waals surface area contributed by atoms with Crippen molar-refractivity contribution in [3.63, 3.8) is 0 Å². The van der Waals surface area contributed by atoms with Gasteiger partial charge in [-0.2, -0.15) is 0 Å². The molecule has 1 unspecified atom stereocenters. The molecule has 6 nitrogen and oxygen atoms in total. The largest absolute Gasteiger partial charge is 0.378 e. The molecule has 1 fully saturated rings. The number of rotatable bonds is 4. The van der Waals surface area contributed by atoms with Crippen molar-refractivity contribution in [2.24, 2.45) is 0 Å². The van der Waals surface area contributed by atoms with Crippen LogP contribution in [0.1, 0.15) is 16.8 Å². The van der Waals surface area contributed by atoms with Crippen LogP contribution in [0.25, 0.3) is 0 Å². The number of ether oxygens (including phenoxy) is 1. The first-order chi connectivity index (χ1) is 8.68. The lowest BCUT2D eigenvalue weighted by molar-refractivity contribution is -0.385. The van der Waals surface area contributed by atoms with Gasteiger partial charge >= 0.3 is 0 Å². The number of nitro benzene ring substituents is 1. The van der Waals surface area contributed by atoms with Gasteiger partial charge in [-0.25, -0.2) is 0 Å². The van der Waals surface area contributed by atoms with Gasteiger partial charge in [0.15, 0.2) is 5.78 Å². The molecule has 1 aliphatic heterocycles. The van der Waals surface area contributed by atoms with Crippen molar-refractivity contribution in [2.75, 3.05) is 19.8 Å². The summed E-state index contributed by atoms with van der Waals surface area (Å²) in [6.45, 7) is 1.80. The lowest BCUT2D eigenvalue weighted by Gasteiger charge is -2.23. The van der Waals surface area contributed by atoms with E-state index in [1.165, 1.54) is 12.1 Å². The van der Waals surface area contributed by atoms with Crippen LogP contribution < -0.4 is 5.32 Å². The number of morpholine rings is 1. The second kappa shape index (κ2) is 5.70. The topological polar surface area (TPSA) is 81.5 Å². The predicted molar refractivity (Wildman–Crippen MR) is 64.7 cm³/mol. The average molecular weight is 250 g/mol. The van der Waals surface area contributed by atoms with Crippen molar-refractivity contribution in [1.82, 2.24) is 5.32 Å². The Bertz CT molecular complexity index is 455. The van der Waals surface area contributed by atoms with Crippen LogP contribution in [0.2, 0.25) is 0 Å². The smallest absolute Gasteiger partial charge is 0.280 e. The lowest BCUT2D eigenvalue weighted by Crippen LogP contribution is -2.42. The van der Waals surface area contributed by atoms with Gasteiger partial charge in [-0.1, -0.05) is 12.1 Å². The van der Waals surface area contributed by atoms with E-state index in [1.54, 1.807) is 12.1 Å². The number of benzene rings is 1. The predicted octanol–water partition coefficient (Wildman–Crippen LogP) is 1.16. The first kappa shape index (κ1) is 12.7. The van der Waals surface area contributed by atoms with Crippen LogP contribution in [-0.2, 0) is 4.74 Å². The van der Waals surface area contributed by atoms with Crippen molar-refractivity contribution in [2.45, 2.75) is 12.5 Å². The number of hydrogen-bond donors (Lipinski definition) is 1. The monoisotopic (exact) mass is 250 g/mol. The third-order valence-corrected chi connectivity index (χ3v) is 2.83. The van der Waals surface area contributed by atoms with Crippen LogP contribution in [0, 0.1) is 10.1 Å². The summed E-state index contributed by atoms with van der Waals surface area (Å²) >= 11 is 0. The number of ketones is 1. The molecule has 0 saturated carbocycles. The molecule has 1 aromatic rings. The molecule has 18 heavy (non-hydrogen) atoms. The molecule has 0 spiro atoms. The highest BCUT2D eigenvalue weighted by Gasteiger charge is 2.23. The highest BCUT2D eigenvalue weighted by molar-refractivity contribution is 6.00. The van der Waals surface area contributed by atoms with Gasteiger partial charge in [0.1, 0.15) is 0 Å². The Morgan fingerprint density at radius 1 is 1.50 bits per heavy atom. The number of nitrogens with one attached hydrogen (secondary N) is 1. The molecule has 1 atom stereocenters. The van der Waals surface area contributed by atoms with E-state index >= 15 is 0 Å². The molecule has 6 heteroatoms. The number of carbonyl (C=O) groups excluding carboxylic acids is 1. The Kier molecular flexibility index (Phi) is 4.01. The number of Topliss-reactive ketones (excluding diaryl/α,β-unsaturated/α-hetero) is 1. The van der Waals surface area contributed by atoms with E-state index in [2.05, 4.69) is 5.32 Å². The standard InChI is InChI=1S/C12H14N2O4/c15-12(7-9-8-18-6-5-13-9)10-3-1-2-4-11(10)14(16)17/h1-4,9,13H,5-8H2. The minimum absolute atomic E-state index is 0.0638. The lowest BCUT2D eigenvalue weighted by atomic mass is 10.0. The number of nitro groups is 1. The van der Waals surface area contributed by atoms with Crippen molar-refractivity contribution >= 4 is 11.5 Å². The average Bonchev–Trinajstić information content (AvgIpc) is 2.40. The molecular weight excluding hydrogens is 236 g/mol. The van der Waals surface area contributed by atoms with E-state index in [4.69, 9.17) is 4.74 Å². The normalized spacial score (nSPS) is 19.4. The van der Waals surface area contributed by atoms with E-state index in [0.29, 0.717) is 19.8 Å². The zero-order valence-electron chi connectivity index (χ0n) is 9.80. The summed E-state index contributed by atoms with van der Waals surface area (Å²) < 4.78 is 5.25. The number of hydrogen-bond acceptors (Lipinski definition) is 5. The van der Waals surface area contributed by atoms with Gasteiger partial charge in [-0.05, 0) is 6.07 Å². The highest BCUT2D eigenvalue weighted by atomic mass is 16.6. The molecule has 1 aliphatic rings. The summed E-state index contributed by atoms with van der Waals surface area (Å²) in [5, 5.41) is 14.0. The maximum absolute atomic E-state index is 12.0. The quantitative estimate of drug-likeness (QED) is 0.492. The van der Waals surface area contributed by atoms with Crippen molar-refractivity contribution < 1.29 is 14.5 Å². The molecule has 2 rings (SSSR count). The molecule has 0 radical (unpaired) electrons. The van der Waals surface area contributed by atoms with Gasteiger partial charge in [0.25, 0.3) is 5.69 Å². The third kappa shape index (κ3) is 2.91. The van der Waals surface area contributed by atoms with Crippen LogP contribution in [0.15, 0.2) is 24.3 Å². The van der Waals surface area contributed by atoms with Crippen molar-refractivity contribution in [3.8, 4) is 0 Å². The molecule has 1 heterocycles. The van der Waals surface area contributed by atoms with Crippen LogP contribution in [0.5, 0.6) is 0 Å². The first-order valence-electron chi connectivity index (χ1n) is 5.76. The molecule has 1 aromatic carbocycles. The molecule has 1 N–H and O–H groups in total. The van der Waals surface area contributed by atoms with Gasteiger partial charge in [0, 0.05) is 25.1 Å². The molecule has 96 valence electrons. The van der Waals surface area contributed by atoms with Gasteiger partial charge in [0.05, 0.1) is 23.7 Å². The molecular formula is C12H14N2O4. The fourth-order valence-corrected chi connectivity index (χ4v) is 1.95. The second-order valence-electron chi connectivity index (χ2n) is 4.13. The first-order valence-corrected chi connectivity index (χ1v) is 5.76. The van der Waals surface area contributed by atoms with Crippen LogP contribution in [0.4, 0.5) is 5.69 Å². The minimum atomic E-state index is -0.530. The Labute approximate surface area is 104 Å². The summed E-state index contributed by atoms with van der Waals surface area (Å²) in [6.07, 6.45) is 0.213. The van der Waals surface area contributed by atoms with Gasteiger partial charge in [0.2, 0.25) is 0 Å². The summed E-state index contributed by atoms with van der Waals surface area (Å²) in [7, 11) is 0. The Morgan fingerprint density at radius 2 is 2.28 bits per heavy atom. The summed E-state index contributed by atoms with van der Waals surface area (Å²) in [4.78, 5) is 22.3. The van der Waals surface area contributed by atoms with Crippen LogP contribution in [0.3, 0.4) is 0 Å². The van der Waals surface area contributed by atoms with Crippen molar-refractivity contribution in [3.05, 3.63) is 39.9 Å². The fourth-order valence-electron chi connectivity index (χ4n) is 1.95. The minimum Gasteiger partial charge on any atom is -0.378 e. The van der Waals surface area contributed by atoms with Crippen LogP contribution in [-0.4, -0.2) is 36.5 Å². The summed E-state index contributed by atoms with van der Waals surface area (Å²) in [5.41, 5.74) is 0.0223. The zero-order chi connectivity index (χ0) is 13.0. The van der Waals surface area contributed by atoms with E-state index in [-0.39, 0.29) is 29.5 Å². The highest BCUT2D eigenvalue weighted by Crippen LogP contribution is 2.20. The molecule has 0 bridgehead atoms. The van der Waals surface area contributed by atoms with Crippen molar-refractivity contribution in [1.29, 1.82) is 0 Å². The molecule has 0 amide bonds. The van der Waals surface area contributed by atoms with E-state index in [9.17, 15) is 14.9 Å². The SMILES string of the molecule is O=C(CC1COCCN1)c1ccccc1[N+](=O)[O-]. The molecule has 1 saturated heterocycles. The van der Waals surface area contributed by atoms with Gasteiger partial charge < -0.3 is 10.1 Å². The van der Waals surface area contributed by atoms with Gasteiger partial charge in [-0.3, -0.25) is 14.9 Å². The Morgan fingerprint density at radius 3 is 2.94 bits per heavy atom. The third-order valence-electron chi connectivity index (χ3n) is 2.83. The zero-order valence-corrected chi connectivity index (χ0v) is 9.80. The summed E-state index contributed by atoms with van der Waals surface area (Å²) in [5.74, 6) is -0.231. The number of nitrogens with zero attached hydrogens (tertiary/aromatic N) is 1. The van der Waals surface area contributed by atoms with Gasteiger partial charge in [-0.15, -0.1) is 0 Å². The Hall–Kier alpha value is -1.79. The Balaban J connectivity index is 2.10. The number of para-hydroxylation sites is 1. The second-order valence-corrected chi connectivity index (χ2v) is 4.13. The van der Waals surface area contributed by atoms with E-state index in [0.717, 1.165) is 0 Å². The fraction of sp³-hybridized carbons (Fsp3) is 0.417. The molecule has 0 aliphatic carbocycles. The maximum atomic E-state index is 12.0. The number of carbonyl (C=O) groups is 1. The van der Waals surface area contributed by atoms with E-state index < -0.39 is 4.92 Å². The summed E-state index contributed by atoms with van der Waals surface area (Å²) in [6, 6.07) is 5.95.